The van der Waals surface area contributed by atoms with Crippen LogP contribution in [0, 0.1) is 0 Å². The quantitative estimate of drug-likeness (QED) is 0.0870. The van der Waals surface area contributed by atoms with Gasteiger partial charge in [-0.1, -0.05) is 58.8 Å². The van der Waals surface area contributed by atoms with Gasteiger partial charge in [0.05, 0.1) is 26.4 Å². The highest BCUT2D eigenvalue weighted by Gasteiger charge is 2.45. The second kappa shape index (κ2) is 24.6. The molecule has 212 valence electrons. The van der Waals surface area contributed by atoms with E-state index in [2.05, 4.69) is 23.6 Å². The number of ether oxygens (including phenoxy) is 1. The summed E-state index contributed by atoms with van der Waals surface area (Å²) >= 11 is 4.80. The standard InChI is InChI=1S/C26H58N2O5SSi/c1-7-9-11-12-13-16-26(34)17-14-15-21-30-35(31-22-18-27(3)4,32-23-19-28(5)6)33-25-24-29-20-10-8-2/h26,34H,7-25H2,1-6H3. The third-order valence-electron chi connectivity index (χ3n) is 5.63. The summed E-state index contributed by atoms with van der Waals surface area (Å²) < 4.78 is 30.6. The predicted octanol–water partition coefficient (Wildman–Crippen LogP) is 5.26. The summed E-state index contributed by atoms with van der Waals surface area (Å²) in [5.74, 6) is 0. The molecule has 0 fully saturated rings. The van der Waals surface area contributed by atoms with Gasteiger partial charge in [0.25, 0.3) is 0 Å². The van der Waals surface area contributed by atoms with Crippen LogP contribution in [-0.4, -0.2) is 105 Å². The van der Waals surface area contributed by atoms with E-state index in [0.717, 1.165) is 51.8 Å². The van der Waals surface area contributed by atoms with Crippen LogP contribution >= 0.6 is 12.6 Å². The SMILES string of the molecule is CCCCCCCC(S)CCCCO[Si](OCCOCCCC)(OCCN(C)C)OCCN(C)C. The molecule has 0 saturated carbocycles. The summed E-state index contributed by atoms with van der Waals surface area (Å²) in [5, 5.41) is 0.475. The fourth-order valence-corrected chi connectivity index (χ4v) is 5.61. The van der Waals surface area contributed by atoms with Gasteiger partial charge in [-0.2, -0.15) is 12.6 Å². The molecule has 0 rings (SSSR count). The normalized spacial score (nSPS) is 13.3. The van der Waals surface area contributed by atoms with Crippen molar-refractivity contribution in [3.05, 3.63) is 0 Å². The lowest BCUT2D eigenvalue weighted by atomic mass is 10.1. The monoisotopic (exact) mass is 538 g/mol. The van der Waals surface area contributed by atoms with Crippen molar-refractivity contribution in [1.82, 2.24) is 9.80 Å². The van der Waals surface area contributed by atoms with Crippen molar-refractivity contribution in [3.8, 4) is 0 Å². The first kappa shape index (κ1) is 35.3. The van der Waals surface area contributed by atoms with E-state index >= 15 is 0 Å². The number of rotatable bonds is 27. The number of nitrogens with zero attached hydrogens (tertiary/aromatic N) is 2. The molecule has 0 aromatic carbocycles. The Hall–Kier alpha value is 0.287. The molecule has 9 heteroatoms. The van der Waals surface area contributed by atoms with Crippen LogP contribution in [0.2, 0.25) is 0 Å². The molecular weight excluding hydrogens is 480 g/mol. The average molecular weight is 539 g/mol. The Morgan fingerprint density at radius 1 is 0.571 bits per heavy atom. The van der Waals surface area contributed by atoms with E-state index in [1.165, 1.54) is 38.5 Å². The summed E-state index contributed by atoms with van der Waals surface area (Å²) in [4.78, 5) is 4.17. The second-order valence-electron chi connectivity index (χ2n) is 9.82. The molecule has 0 bridgehead atoms. The molecule has 1 unspecified atom stereocenters. The third kappa shape index (κ3) is 23.2. The Kier molecular flexibility index (Phi) is 24.8. The maximum absolute atomic E-state index is 6.28. The fourth-order valence-electron chi connectivity index (χ4n) is 3.34. The predicted molar refractivity (Wildman–Crippen MR) is 152 cm³/mol. The Morgan fingerprint density at radius 2 is 1.09 bits per heavy atom. The van der Waals surface area contributed by atoms with Crippen molar-refractivity contribution < 1.29 is 22.4 Å². The Balaban J connectivity index is 4.65. The van der Waals surface area contributed by atoms with Gasteiger partial charge in [0.1, 0.15) is 0 Å². The van der Waals surface area contributed by atoms with Gasteiger partial charge in [-0.25, -0.2) is 0 Å². The van der Waals surface area contributed by atoms with Crippen LogP contribution in [0.25, 0.3) is 0 Å². The minimum absolute atomic E-state index is 0.413. The summed E-state index contributed by atoms with van der Waals surface area (Å²) in [6.45, 7) is 9.26. The van der Waals surface area contributed by atoms with Crippen molar-refractivity contribution in [2.45, 2.75) is 89.7 Å². The summed E-state index contributed by atoms with van der Waals surface area (Å²) in [7, 11) is 4.85. The molecule has 0 N–H and O–H groups in total. The number of likely N-dealkylation sites (N-methyl/N-ethyl adjacent to an activating group) is 2. The van der Waals surface area contributed by atoms with Crippen LogP contribution in [0.1, 0.15) is 84.5 Å². The van der Waals surface area contributed by atoms with Gasteiger partial charge in [-0.15, -0.1) is 0 Å². The highest BCUT2D eigenvalue weighted by atomic mass is 32.1. The smallest absolute Gasteiger partial charge is 0.379 e. The molecule has 0 amide bonds. The molecule has 7 nitrogen and oxygen atoms in total. The first-order valence-electron chi connectivity index (χ1n) is 14.0. The van der Waals surface area contributed by atoms with E-state index in [0.29, 0.717) is 38.3 Å². The summed E-state index contributed by atoms with van der Waals surface area (Å²) in [5.41, 5.74) is 0. The van der Waals surface area contributed by atoms with Gasteiger partial charge in [0.2, 0.25) is 0 Å². The molecule has 0 saturated heterocycles. The first-order chi connectivity index (χ1) is 16.8. The number of hydrogen-bond acceptors (Lipinski definition) is 8. The molecule has 0 aliphatic heterocycles. The zero-order valence-electron chi connectivity index (χ0n) is 23.9. The maximum atomic E-state index is 6.28. The van der Waals surface area contributed by atoms with E-state index in [9.17, 15) is 0 Å². The summed E-state index contributed by atoms with van der Waals surface area (Å²) in [6.07, 6.45) is 13.1. The van der Waals surface area contributed by atoms with Gasteiger partial charge in [0, 0.05) is 31.6 Å². The molecule has 0 heterocycles. The maximum Gasteiger partial charge on any atom is 0.679 e. The minimum atomic E-state index is -3.26. The molecular formula is C26H58N2O5SSi. The Labute approximate surface area is 224 Å². The number of thiol groups is 1. The van der Waals surface area contributed by atoms with Gasteiger partial charge >= 0.3 is 9.05 Å². The molecule has 0 aromatic rings. The van der Waals surface area contributed by atoms with E-state index in [1.54, 1.807) is 0 Å². The second-order valence-corrected chi connectivity index (χ2v) is 12.7. The third-order valence-corrected chi connectivity index (χ3v) is 8.38. The van der Waals surface area contributed by atoms with Gasteiger partial charge < -0.3 is 32.2 Å². The lowest BCUT2D eigenvalue weighted by molar-refractivity contribution is -0.0491. The largest absolute Gasteiger partial charge is 0.679 e. The van der Waals surface area contributed by atoms with Crippen LogP contribution in [0.3, 0.4) is 0 Å². The van der Waals surface area contributed by atoms with Crippen molar-refractivity contribution in [1.29, 1.82) is 0 Å². The van der Waals surface area contributed by atoms with Crippen LogP contribution < -0.4 is 0 Å². The van der Waals surface area contributed by atoms with Crippen LogP contribution in [0.5, 0.6) is 0 Å². The van der Waals surface area contributed by atoms with E-state index in [-0.39, 0.29) is 0 Å². The van der Waals surface area contributed by atoms with Gasteiger partial charge in [-0.05, 0) is 53.9 Å². The minimum Gasteiger partial charge on any atom is -0.379 e. The summed E-state index contributed by atoms with van der Waals surface area (Å²) in [6, 6.07) is 0. The number of unbranched alkanes of at least 4 members (excludes halogenated alkanes) is 6. The lowest BCUT2D eigenvalue weighted by Gasteiger charge is -2.29. The molecule has 0 aliphatic carbocycles. The van der Waals surface area contributed by atoms with Crippen LogP contribution in [-0.2, 0) is 22.4 Å². The highest BCUT2D eigenvalue weighted by molar-refractivity contribution is 7.80. The van der Waals surface area contributed by atoms with E-state index in [1.807, 2.05) is 28.2 Å². The van der Waals surface area contributed by atoms with Crippen molar-refractivity contribution >= 4 is 21.7 Å². The van der Waals surface area contributed by atoms with E-state index in [4.69, 9.17) is 35.1 Å². The van der Waals surface area contributed by atoms with Gasteiger partial charge in [-0.3, -0.25) is 0 Å². The molecule has 0 radical (unpaired) electrons. The Bertz CT molecular complexity index is 436. The van der Waals surface area contributed by atoms with Gasteiger partial charge in [0.15, 0.2) is 0 Å². The molecule has 0 spiro atoms. The average Bonchev–Trinajstić information content (AvgIpc) is 2.80. The molecule has 0 aromatic heterocycles. The zero-order chi connectivity index (χ0) is 26.2. The van der Waals surface area contributed by atoms with Crippen molar-refractivity contribution in [2.24, 2.45) is 0 Å². The topological polar surface area (TPSA) is 52.6 Å². The van der Waals surface area contributed by atoms with Crippen molar-refractivity contribution in [2.75, 3.05) is 80.9 Å². The van der Waals surface area contributed by atoms with Crippen molar-refractivity contribution in [3.63, 3.8) is 0 Å². The highest BCUT2D eigenvalue weighted by Crippen LogP contribution is 2.18. The Morgan fingerprint density at radius 3 is 1.66 bits per heavy atom. The molecule has 35 heavy (non-hydrogen) atoms. The molecule has 1 atom stereocenters. The fraction of sp³-hybridized carbons (Fsp3) is 1.00. The van der Waals surface area contributed by atoms with E-state index < -0.39 is 9.05 Å². The van der Waals surface area contributed by atoms with Crippen LogP contribution in [0.4, 0.5) is 0 Å². The van der Waals surface area contributed by atoms with Crippen LogP contribution in [0.15, 0.2) is 0 Å². The zero-order valence-corrected chi connectivity index (χ0v) is 25.8. The number of hydrogen-bond donors (Lipinski definition) is 1. The molecule has 0 aliphatic rings. The lowest BCUT2D eigenvalue weighted by Crippen LogP contribution is -2.52. The first-order valence-corrected chi connectivity index (χ1v) is 16.1.